The van der Waals surface area contributed by atoms with Crippen LogP contribution < -0.4 is 14.0 Å². The normalized spacial score (nSPS) is 17.8. The smallest absolute Gasteiger partial charge is 0.180 e. The SMILES string of the molecule is CN(C)/C=C(\C1=S(O[Cl+3]([O-])([O-])[O-])SC(c2ccccc2)=C1)c1ccccc1. The highest BCUT2D eigenvalue weighted by atomic mass is 35.7. The molecule has 0 fully saturated rings. The van der Waals surface area contributed by atoms with Gasteiger partial charge in [0.25, 0.3) is 0 Å². The van der Waals surface area contributed by atoms with Gasteiger partial charge in [-0.1, -0.05) is 60.7 Å². The third-order valence-corrected chi connectivity index (χ3v) is 7.99. The van der Waals surface area contributed by atoms with Crippen LogP contribution in [0.5, 0.6) is 0 Å². The summed E-state index contributed by atoms with van der Waals surface area (Å²) in [4.78, 5) is 3.39. The van der Waals surface area contributed by atoms with Gasteiger partial charge < -0.3 is 4.90 Å². The molecule has 0 aliphatic carbocycles. The molecule has 142 valence electrons. The molecule has 0 bridgehead atoms. The van der Waals surface area contributed by atoms with E-state index in [2.05, 4.69) is 0 Å². The molecule has 5 nitrogen and oxygen atoms in total. The Morgan fingerprint density at radius 1 is 1.00 bits per heavy atom. The Balaban J connectivity index is 2.11. The molecule has 3 rings (SSSR count). The lowest BCUT2D eigenvalue weighted by molar-refractivity contribution is -1.91. The van der Waals surface area contributed by atoms with E-state index in [1.54, 1.807) is 0 Å². The Kier molecular flexibility index (Phi) is 6.44. The van der Waals surface area contributed by atoms with Crippen LogP contribution in [-0.2, 0) is 3.74 Å². The molecule has 1 atom stereocenters. The topological polar surface area (TPSA) is 81.7 Å². The zero-order valence-corrected chi connectivity index (χ0v) is 17.1. The first kappa shape index (κ1) is 20.2. The maximum absolute atomic E-state index is 11.3. The first-order valence-electron chi connectivity index (χ1n) is 7.95. The van der Waals surface area contributed by atoms with Crippen molar-refractivity contribution >= 4 is 35.9 Å². The van der Waals surface area contributed by atoms with Gasteiger partial charge in [-0.2, -0.15) is 14.0 Å². The van der Waals surface area contributed by atoms with Crippen LogP contribution in [0, 0.1) is 10.2 Å². The summed E-state index contributed by atoms with van der Waals surface area (Å²) in [6.07, 6.45) is 3.79. The number of rotatable bonds is 6. The molecule has 0 saturated heterocycles. The summed E-state index contributed by atoms with van der Waals surface area (Å²) in [5, 5.41) is 0. The van der Waals surface area contributed by atoms with Crippen molar-refractivity contribution in [3.63, 3.8) is 0 Å². The molecular weight excluding hydrogens is 406 g/mol. The molecule has 1 unspecified atom stereocenters. The highest BCUT2D eigenvalue weighted by Crippen LogP contribution is 2.52. The first-order valence-corrected chi connectivity index (χ1v) is 11.7. The fourth-order valence-corrected chi connectivity index (χ4v) is 7.12. The molecule has 0 spiro atoms. The lowest BCUT2D eigenvalue weighted by atomic mass is 10.0. The fraction of sp³-hybridized carbons (Fsp3) is 0.105. The molecular formula is C19H18ClNO4S2. The summed E-state index contributed by atoms with van der Waals surface area (Å²) in [5.41, 5.74) is 2.66. The van der Waals surface area contributed by atoms with E-state index in [0.29, 0.717) is 4.86 Å². The van der Waals surface area contributed by atoms with E-state index in [1.165, 1.54) is 10.8 Å². The van der Waals surface area contributed by atoms with Crippen LogP contribution in [0.4, 0.5) is 0 Å². The Morgan fingerprint density at radius 3 is 2.15 bits per heavy atom. The molecule has 1 aliphatic rings. The van der Waals surface area contributed by atoms with Crippen molar-refractivity contribution < 1.29 is 28.0 Å². The molecule has 8 heteroatoms. The monoisotopic (exact) mass is 423 g/mol. The van der Waals surface area contributed by atoms with Crippen molar-refractivity contribution in [1.82, 2.24) is 4.90 Å². The minimum absolute atomic E-state index is 0.658. The molecule has 0 saturated carbocycles. The highest BCUT2D eigenvalue weighted by Gasteiger charge is 2.32. The van der Waals surface area contributed by atoms with Crippen LogP contribution in [0.1, 0.15) is 11.1 Å². The lowest BCUT2D eigenvalue weighted by Gasteiger charge is -2.15. The van der Waals surface area contributed by atoms with Crippen LogP contribution in [0.3, 0.4) is 0 Å². The summed E-state index contributed by atoms with van der Waals surface area (Å²) in [6, 6.07) is 19.2. The van der Waals surface area contributed by atoms with Crippen LogP contribution in [0.25, 0.3) is 10.5 Å². The Labute approximate surface area is 166 Å². The number of benzene rings is 2. The largest absolute Gasteiger partial charge is 0.383 e. The molecule has 0 aromatic heterocycles. The van der Waals surface area contributed by atoms with E-state index in [0.717, 1.165) is 21.6 Å². The second-order valence-corrected chi connectivity index (χ2v) is 10.1. The van der Waals surface area contributed by atoms with Gasteiger partial charge in [0, 0.05) is 30.8 Å². The summed E-state index contributed by atoms with van der Waals surface area (Å²) >= 11 is 0. The van der Waals surface area contributed by atoms with Crippen molar-refractivity contribution in [3.8, 4) is 0 Å². The highest BCUT2D eigenvalue weighted by molar-refractivity contribution is 8.85. The van der Waals surface area contributed by atoms with Crippen molar-refractivity contribution in [3.05, 3.63) is 84.1 Å². The third kappa shape index (κ3) is 5.46. The second kappa shape index (κ2) is 8.62. The van der Waals surface area contributed by atoms with E-state index >= 15 is 0 Å². The van der Waals surface area contributed by atoms with Gasteiger partial charge in [0.05, 0.1) is 15.1 Å². The summed E-state index contributed by atoms with van der Waals surface area (Å²) in [7, 11) is -0.827. The molecule has 1 heterocycles. The predicted molar refractivity (Wildman–Crippen MR) is 104 cm³/mol. The number of nitrogens with zero attached hydrogens (tertiary/aromatic N) is 1. The van der Waals surface area contributed by atoms with Gasteiger partial charge in [-0.15, -0.1) is 0 Å². The zero-order valence-electron chi connectivity index (χ0n) is 14.7. The van der Waals surface area contributed by atoms with E-state index < -0.39 is 20.0 Å². The second-order valence-electron chi connectivity index (χ2n) is 5.87. The molecule has 27 heavy (non-hydrogen) atoms. The molecule has 0 amide bonds. The number of hydrogen-bond donors (Lipinski definition) is 0. The zero-order chi connectivity index (χ0) is 19.4. The molecule has 2 aromatic carbocycles. The van der Waals surface area contributed by atoms with E-state index in [9.17, 15) is 14.0 Å². The van der Waals surface area contributed by atoms with Crippen molar-refractivity contribution in [2.24, 2.45) is 0 Å². The van der Waals surface area contributed by atoms with Gasteiger partial charge in [-0.05, 0) is 28.0 Å². The lowest BCUT2D eigenvalue weighted by Crippen LogP contribution is -2.60. The van der Waals surface area contributed by atoms with Crippen LogP contribution in [-0.4, -0.2) is 23.9 Å². The number of halogens is 1. The predicted octanol–water partition coefficient (Wildman–Crippen LogP) is 1.56. The van der Waals surface area contributed by atoms with E-state index in [4.69, 9.17) is 3.74 Å². The maximum Gasteiger partial charge on any atom is 0.180 e. The quantitative estimate of drug-likeness (QED) is 0.398. The number of hydrogen-bond acceptors (Lipinski definition) is 6. The van der Waals surface area contributed by atoms with E-state index in [1.807, 2.05) is 91.9 Å². The average molecular weight is 424 g/mol. The Hall–Kier alpha value is -1.58. The van der Waals surface area contributed by atoms with Crippen molar-refractivity contribution in [2.45, 2.75) is 0 Å². The Morgan fingerprint density at radius 2 is 1.59 bits per heavy atom. The van der Waals surface area contributed by atoms with Crippen LogP contribution in [0.2, 0.25) is 0 Å². The van der Waals surface area contributed by atoms with Gasteiger partial charge in [0.1, 0.15) is 3.74 Å². The fourth-order valence-electron chi connectivity index (χ4n) is 2.49. The first-order chi connectivity index (χ1) is 12.8. The maximum atomic E-state index is 11.3. The third-order valence-electron chi connectivity index (χ3n) is 3.54. The minimum Gasteiger partial charge on any atom is -0.383 e. The number of allylic oxidation sites excluding steroid dienone is 2. The van der Waals surface area contributed by atoms with Crippen LogP contribution in [0.15, 0.2) is 72.9 Å². The van der Waals surface area contributed by atoms with Gasteiger partial charge in [0.2, 0.25) is 0 Å². The van der Waals surface area contributed by atoms with Crippen molar-refractivity contribution in [1.29, 1.82) is 0 Å². The van der Waals surface area contributed by atoms with Gasteiger partial charge in [0.15, 0.2) is 9.80 Å². The Bertz CT molecular complexity index is 891. The van der Waals surface area contributed by atoms with Crippen LogP contribution >= 0.6 is 20.6 Å². The molecule has 1 aliphatic heterocycles. The summed E-state index contributed by atoms with van der Waals surface area (Å²) in [5.74, 6) is 0. The average Bonchev–Trinajstić information content (AvgIpc) is 3.03. The minimum atomic E-state index is -4.55. The summed E-state index contributed by atoms with van der Waals surface area (Å²) < 4.78 is 38.7. The molecule has 0 N–H and O–H groups in total. The molecule has 0 radical (unpaired) electrons. The van der Waals surface area contributed by atoms with Gasteiger partial charge in [-0.25, -0.2) is 0 Å². The summed E-state index contributed by atoms with van der Waals surface area (Å²) in [6.45, 7) is 0. The van der Waals surface area contributed by atoms with Gasteiger partial charge in [-0.3, -0.25) is 0 Å². The molecule has 2 aromatic rings. The van der Waals surface area contributed by atoms with Crippen molar-refractivity contribution in [2.75, 3.05) is 14.1 Å². The van der Waals surface area contributed by atoms with E-state index in [-0.39, 0.29) is 0 Å². The standard InChI is InChI=1S/C19H18ClNO4S2/c1-21(2)14-17(15-9-5-3-6-10-15)19-13-18(16-11-7-4-8-12-16)26-27(19)25-20(22,23)24/h3-14H,1-2H3/b17-14-. The van der Waals surface area contributed by atoms with Gasteiger partial charge >= 0.3 is 0 Å².